The number of carboxylic acids is 1. The van der Waals surface area contributed by atoms with Crippen LogP contribution in [0.4, 0.5) is 0 Å². The van der Waals surface area contributed by atoms with E-state index in [9.17, 15) is 14.7 Å². The van der Waals surface area contributed by atoms with Crippen molar-refractivity contribution in [1.82, 2.24) is 4.90 Å². The Morgan fingerprint density at radius 2 is 2.00 bits per heavy atom. The van der Waals surface area contributed by atoms with Crippen LogP contribution in [0, 0.1) is 5.41 Å². The topological polar surface area (TPSA) is 66.8 Å². The van der Waals surface area contributed by atoms with Gasteiger partial charge in [-0.2, -0.15) is 0 Å². The van der Waals surface area contributed by atoms with Crippen LogP contribution in [-0.4, -0.2) is 47.7 Å². The molecule has 120 valence electrons. The molecule has 21 heavy (non-hydrogen) atoms. The number of hydrogen-bond donors (Lipinski definition) is 1. The molecule has 0 radical (unpaired) electrons. The molecular weight excluding hydrogens is 270 g/mol. The highest BCUT2D eigenvalue weighted by molar-refractivity contribution is 5.85. The lowest BCUT2D eigenvalue weighted by atomic mass is 9.66. The number of carboxylic acid groups (broad SMARTS) is 1. The molecule has 0 bridgehead atoms. The van der Waals surface area contributed by atoms with Gasteiger partial charge in [0, 0.05) is 26.1 Å². The second-order valence-corrected chi connectivity index (χ2v) is 6.42. The molecule has 2 rings (SSSR count). The van der Waals surface area contributed by atoms with Gasteiger partial charge in [0.1, 0.15) is 0 Å². The maximum absolute atomic E-state index is 12.4. The molecule has 2 fully saturated rings. The quantitative estimate of drug-likeness (QED) is 0.817. The summed E-state index contributed by atoms with van der Waals surface area (Å²) in [6, 6.07) is 0. The Hall–Kier alpha value is -1.10. The van der Waals surface area contributed by atoms with E-state index < -0.39 is 11.4 Å². The summed E-state index contributed by atoms with van der Waals surface area (Å²) >= 11 is 0. The number of hydrogen-bond acceptors (Lipinski definition) is 3. The summed E-state index contributed by atoms with van der Waals surface area (Å²) < 4.78 is 5.78. The average Bonchev–Trinajstić information content (AvgIpc) is 2.65. The lowest BCUT2D eigenvalue weighted by molar-refractivity contribution is -0.159. The fourth-order valence-electron chi connectivity index (χ4n) is 3.24. The van der Waals surface area contributed by atoms with Crippen LogP contribution in [0.2, 0.25) is 0 Å². The van der Waals surface area contributed by atoms with E-state index in [1.54, 1.807) is 0 Å². The lowest BCUT2D eigenvalue weighted by Crippen LogP contribution is -2.44. The summed E-state index contributed by atoms with van der Waals surface area (Å²) in [7, 11) is 0. The number of aliphatic carboxylic acids is 1. The van der Waals surface area contributed by atoms with E-state index in [-0.39, 0.29) is 18.4 Å². The van der Waals surface area contributed by atoms with Crippen molar-refractivity contribution in [2.75, 3.05) is 19.7 Å². The molecule has 1 atom stereocenters. The van der Waals surface area contributed by atoms with Crippen LogP contribution >= 0.6 is 0 Å². The van der Waals surface area contributed by atoms with Crippen molar-refractivity contribution in [2.45, 2.75) is 64.4 Å². The highest BCUT2D eigenvalue weighted by Crippen LogP contribution is 2.44. The van der Waals surface area contributed by atoms with Gasteiger partial charge in [-0.25, -0.2) is 0 Å². The molecule has 1 saturated carbocycles. The van der Waals surface area contributed by atoms with Gasteiger partial charge in [0.25, 0.3) is 0 Å². The smallest absolute Gasteiger partial charge is 0.310 e. The SMILES string of the molecule is CCCOC1CCCN(C(=O)CC2(C(=O)O)CCC2)CC1. The zero-order valence-corrected chi connectivity index (χ0v) is 13.0. The predicted molar refractivity (Wildman–Crippen MR) is 79.0 cm³/mol. The Morgan fingerprint density at radius 3 is 2.57 bits per heavy atom. The standard InChI is InChI=1S/C16H27NO4/c1-2-11-21-13-5-3-9-17(10-6-13)14(18)12-16(15(19)20)7-4-8-16/h13H,2-12H2,1H3,(H,19,20). The van der Waals surface area contributed by atoms with Gasteiger partial charge in [0.15, 0.2) is 0 Å². The van der Waals surface area contributed by atoms with Gasteiger partial charge in [-0.3, -0.25) is 9.59 Å². The molecule has 0 spiro atoms. The van der Waals surface area contributed by atoms with E-state index >= 15 is 0 Å². The minimum absolute atomic E-state index is 0.00763. The van der Waals surface area contributed by atoms with Gasteiger partial charge >= 0.3 is 5.97 Å². The first kappa shape index (κ1) is 16.3. The van der Waals surface area contributed by atoms with E-state index in [1.807, 2.05) is 4.90 Å². The maximum Gasteiger partial charge on any atom is 0.310 e. The molecule has 0 aromatic rings. The van der Waals surface area contributed by atoms with Gasteiger partial charge in [0.05, 0.1) is 11.5 Å². The average molecular weight is 297 g/mol. The van der Waals surface area contributed by atoms with Crippen LogP contribution in [0.25, 0.3) is 0 Å². The zero-order chi connectivity index (χ0) is 15.3. The van der Waals surface area contributed by atoms with Crippen molar-refractivity contribution in [3.63, 3.8) is 0 Å². The molecule has 1 amide bonds. The molecule has 1 aliphatic carbocycles. The predicted octanol–water partition coefficient (Wildman–Crippen LogP) is 2.44. The molecule has 5 nitrogen and oxygen atoms in total. The van der Waals surface area contributed by atoms with E-state index in [0.29, 0.717) is 19.4 Å². The summed E-state index contributed by atoms with van der Waals surface area (Å²) in [5, 5.41) is 9.33. The number of nitrogens with zero attached hydrogens (tertiary/aromatic N) is 1. The van der Waals surface area contributed by atoms with Gasteiger partial charge in [-0.1, -0.05) is 13.3 Å². The molecule has 1 saturated heterocycles. The van der Waals surface area contributed by atoms with E-state index in [4.69, 9.17) is 4.74 Å². The van der Waals surface area contributed by atoms with Crippen molar-refractivity contribution in [3.8, 4) is 0 Å². The zero-order valence-electron chi connectivity index (χ0n) is 13.0. The fourth-order valence-corrected chi connectivity index (χ4v) is 3.24. The van der Waals surface area contributed by atoms with Crippen molar-refractivity contribution in [3.05, 3.63) is 0 Å². The van der Waals surface area contributed by atoms with Crippen LogP contribution < -0.4 is 0 Å². The molecule has 1 N–H and O–H groups in total. The van der Waals surface area contributed by atoms with Gasteiger partial charge in [0.2, 0.25) is 5.91 Å². The van der Waals surface area contributed by atoms with Crippen LogP contribution in [0.15, 0.2) is 0 Å². The molecular formula is C16H27NO4. The Balaban J connectivity index is 1.84. The second-order valence-electron chi connectivity index (χ2n) is 6.42. The molecule has 0 aromatic heterocycles. The van der Waals surface area contributed by atoms with Crippen molar-refractivity contribution < 1.29 is 19.4 Å². The van der Waals surface area contributed by atoms with Crippen LogP contribution in [-0.2, 0) is 14.3 Å². The van der Waals surface area contributed by atoms with E-state index in [2.05, 4.69) is 6.92 Å². The minimum Gasteiger partial charge on any atom is -0.481 e. The third kappa shape index (κ3) is 3.96. The molecule has 1 unspecified atom stereocenters. The van der Waals surface area contributed by atoms with Gasteiger partial charge < -0.3 is 14.7 Å². The number of carbonyl (C=O) groups excluding carboxylic acids is 1. The molecule has 2 aliphatic rings. The fraction of sp³-hybridized carbons (Fsp3) is 0.875. The lowest BCUT2D eigenvalue weighted by Gasteiger charge is -2.38. The van der Waals surface area contributed by atoms with E-state index in [0.717, 1.165) is 45.3 Å². The molecule has 1 aliphatic heterocycles. The number of likely N-dealkylation sites (tertiary alicyclic amines) is 1. The number of carbonyl (C=O) groups is 2. The summed E-state index contributed by atoms with van der Waals surface area (Å²) in [6.45, 7) is 4.31. The maximum atomic E-state index is 12.4. The summed E-state index contributed by atoms with van der Waals surface area (Å²) in [5.74, 6) is -0.797. The van der Waals surface area contributed by atoms with Gasteiger partial charge in [-0.05, 0) is 38.5 Å². The normalized spacial score (nSPS) is 25.0. The minimum atomic E-state index is -0.805. The van der Waals surface area contributed by atoms with Crippen molar-refractivity contribution in [1.29, 1.82) is 0 Å². The first-order valence-electron chi connectivity index (χ1n) is 8.20. The molecule has 1 heterocycles. The first-order chi connectivity index (χ1) is 10.1. The third-order valence-corrected chi connectivity index (χ3v) is 4.84. The molecule has 0 aromatic carbocycles. The van der Waals surface area contributed by atoms with E-state index in [1.165, 1.54) is 0 Å². The first-order valence-corrected chi connectivity index (χ1v) is 8.20. The highest BCUT2D eigenvalue weighted by atomic mass is 16.5. The Kier molecular flexibility index (Phi) is 5.62. The van der Waals surface area contributed by atoms with Crippen LogP contribution in [0.5, 0.6) is 0 Å². The van der Waals surface area contributed by atoms with Crippen molar-refractivity contribution in [2.24, 2.45) is 5.41 Å². The van der Waals surface area contributed by atoms with Gasteiger partial charge in [-0.15, -0.1) is 0 Å². The second kappa shape index (κ2) is 7.25. The summed E-state index contributed by atoms with van der Waals surface area (Å²) in [6.07, 6.45) is 6.45. The Morgan fingerprint density at radius 1 is 1.24 bits per heavy atom. The number of rotatable bonds is 6. The summed E-state index contributed by atoms with van der Waals surface area (Å²) in [4.78, 5) is 25.6. The third-order valence-electron chi connectivity index (χ3n) is 4.84. The Bertz CT molecular complexity index is 378. The number of amides is 1. The Labute approximate surface area is 126 Å². The van der Waals surface area contributed by atoms with Crippen LogP contribution in [0.1, 0.15) is 58.3 Å². The molecule has 5 heteroatoms. The monoisotopic (exact) mass is 297 g/mol. The highest BCUT2D eigenvalue weighted by Gasteiger charge is 2.46. The number of ether oxygens (including phenoxy) is 1. The largest absolute Gasteiger partial charge is 0.481 e. The summed E-state index contributed by atoms with van der Waals surface area (Å²) in [5.41, 5.74) is -0.776. The van der Waals surface area contributed by atoms with Crippen molar-refractivity contribution >= 4 is 11.9 Å². The van der Waals surface area contributed by atoms with Crippen LogP contribution in [0.3, 0.4) is 0 Å².